The van der Waals surface area contributed by atoms with Gasteiger partial charge in [-0.1, -0.05) is 87.5 Å². The molecule has 1 atom stereocenters. The Morgan fingerprint density at radius 1 is 0.949 bits per heavy atom. The first-order chi connectivity index (χ1) is 18.3. The molecule has 0 heterocycles. The first kappa shape index (κ1) is 32.3. The van der Waals surface area contributed by atoms with Gasteiger partial charge in [0.15, 0.2) is 0 Å². The Hall–Kier alpha value is -2.94. The molecule has 0 bridgehead atoms. The lowest BCUT2D eigenvalue weighted by Gasteiger charge is -2.44. The third-order valence-corrected chi connectivity index (χ3v) is 11.6. The van der Waals surface area contributed by atoms with E-state index in [0.717, 1.165) is 10.4 Å². The van der Waals surface area contributed by atoms with Crippen LogP contribution in [0, 0.1) is 0 Å². The summed E-state index contributed by atoms with van der Waals surface area (Å²) in [6.07, 6.45) is 1.82. The van der Waals surface area contributed by atoms with Gasteiger partial charge in [-0.2, -0.15) is 0 Å². The number of nitrogens with zero attached hydrogens (tertiary/aromatic N) is 2. The molecular weight excluding hydrogens is 508 g/mol. The van der Waals surface area contributed by atoms with Gasteiger partial charge in [0.2, 0.25) is 5.91 Å². The van der Waals surface area contributed by atoms with Gasteiger partial charge in [0.05, 0.1) is 26.2 Å². The number of hydrogen-bond acceptors (Lipinski definition) is 5. The van der Waals surface area contributed by atoms with Crippen molar-refractivity contribution in [3.05, 3.63) is 73.3 Å². The Morgan fingerprint density at radius 2 is 1.46 bits per heavy atom. The fourth-order valence-electron chi connectivity index (χ4n) is 4.65. The van der Waals surface area contributed by atoms with Gasteiger partial charge in [-0.3, -0.25) is 9.63 Å². The molecule has 2 amide bonds. The lowest BCUT2D eigenvalue weighted by atomic mass is 10.1. The van der Waals surface area contributed by atoms with Crippen LogP contribution in [0.15, 0.2) is 73.3 Å². The normalized spacial score (nSPS) is 12.9. The molecule has 7 nitrogen and oxygen atoms in total. The van der Waals surface area contributed by atoms with Crippen LogP contribution in [0.3, 0.4) is 0 Å². The molecule has 214 valence electrons. The monoisotopic (exact) mass is 554 g/mol. The molecule has 0 radical (unpaired) electrons. The molecule has 0 aliphatic rings. The molecule has 0 saturated carbocycles. The fraction of sp³-hybridized carbons (Fsp3) is 0.484. The summed E-state index contributed by atoms with van der Waals surface area (Å²) >= 11 is 0. The van der Waals surface area contributed by atoms with E-state index in [4.69, 9.17) is 14.0 Å². The lowest BCUT2D eigenvalue weighted by Crippen LogP contribution is -2.67. The molecule has 0 unspecified atom stereocenters. The molecule has 2 aromatic carbocycles. The highest BCUT2D eigenvalue weighted by atomic mass is 28.4. The maximum atomic E-state index is 13.5. The fourth-order valence-corrected chi connectivity index (χ4v) is 9.25. The smallest absolute Gasteiger partial charge is 0.410 e. The van der Waals surface area contributed by atoms with Crippen molar-refractivity contribution in [3.8, 4) is 0 Å². The van der Waals surface area contributed by atoms with Crippen molar-refractivity contribution in [2.24, 2.45) is 0 Å². The first-order valence-electron chi connectivity index (χ1n) is 13.4. The minimum atomic E-state index is -2.91. The van der Waals surface area contributed by atoms with Gasteiger partial charge in [0.1, 0.15) is 5.60 Å². The van der Waals surface area contributed by atoms with E-state index in [0.29, 0.717) is 13.0 Å². The van der Waals surface area contributed by atoms with E-state index in [2.05, 4.69) is 51.6 Å². The van der Waals surface area contributed by atoms with Crippen molar-refractivity contribution in [1.82, 2.24) is 9.96 Å². The lowest BCUT2D eigenvalue weighted by molar-refractivity contribution is -0.170. The second kappa shape index (κ2) is 13.9. The molecule has 0 aromatic heterocycles. The van der Waals surface area contributed by atoms with Crippen LogP contribution < -0.4 is 10.4 Å². The summed E-state index contributed by atoms with van der Waals surface area (Å²) in [5, 5.41) is 3.16. The van der Waals surface area contributed by atoms with Gasteiger partial charge in [-0.25, -0.2) is 9.86 Å². The van der Waals surface area contributed by atoms with Crippen LogP contribution in [-0.2, 0) is 18.8 Å². The SMILES string of the molecule is C=CCCN(C(=O)OC(C)(C)C)[C@H](CO[Si](c1ccccc1)(c1ccccc1)C(C)(C)C)CC(=O)N(C)OC. The van der Waals surface area contributed by atoms with E-state index in [9.17, 15) is 9.59 Å². The zero-order chi connectivity index (χ0) is 29.3. The van der Waals surface area contributed by atoms with Crippen LogP contribution >= 0.6 is 0 Å². The predicted molar refractivity (Wildman–Crippen MR) is 160 cm³/mol. The number of carbonyl (C=O) groups is 2. The number of rotatable bonds is 12. The molecule has 0 saturated heterocycles. The van der Waals surface area contributed by atoms with Crippen LogP contribution in [0.25, 0.3) is 0 Å². The van der Waals surface area contributed by atoms with Crippen LogP contribution in [0.5, 0.6) is 0 Å². The minimum absolute atomic E-state index is 0.0128. The summed E-state index contributed by atoms with van der Waals surface area (Å²) in [6, 6.07) is 20.0. The summed E-state index contributed by atoms with van der Waals surface area (Å²) < 4.78 is 12.9. The van der Waals surface area contributed by atoms with Crippen LogP contribution in [0.4, 0.5) is 4.79 Å². The van der Waals surface area contributed by atoms with Crippen LogP contribution in [-0.4, -0.2) is 69.2 Å². The minimum Gasteiger partial charge on any atom is -0.444 e. The van der Waals surface area contributed by atoms with Gasteiger partial charge in [0.25, 0.3) is 8.32 Å². The predicted octanol–water partition coefficient (Wildman–Crippen LogP) is 5.15. The second-order valence-corrected chi connectivity index (χ2v) is 16.0. The van der Waals surface area contributed by atoms with E-state index in [1.54, 1.807) is 18.0 Å². The van der Waals surface area contributed by atoms with Gasteiger partial charge in [-0.05, 0) is 42.6 Å². The number of hydrogen-bond donors (Lipinski definition) is 0. The van der Waals surface area contributed by atoms with E-state index in [1.165, 1.54) is 12.2 Å². The highest BCUT2D eigenvalue weighted by Crippen LogP contribution is 2.37. The summed E-state index contributed by atoms with van der Waals surface area (Å²) in [5.41, 5.74) is -0.694. The van der Waals surface area contributed by atoms with Crippen molar-refractivity contribution in [3.63, 3.8) is 0 Å². The topological polar surface area (TPSA) is 68.3 Å². The third-order valence-electron chi connectivity index (χ3n) is 6.59. The second-order valence-electron chi connectivity index (χ2n) is 11.7. The Labute approximate surface area is 235 Å². The summed E-state index contributed by atoms with van der Waals surface area (Å²) in [6.45, 7) is 16.4. The standard InChI is InChI=1S/C31H46N2O5Si/c1-10-11-22-33(29(35)38-30(2,3)4)25(23-28(34)32(8)36-9)24-37-39(31(5,6)7,26-18-14-12-15-19-26)27-20-16-13-17-21-27/h10,12-21,25H,1,11,22-24H2,2-9H3/t25-/m0/s1. The van der Waals surface area contributed by atoms with Gasteiger partial charge in [0, 0.05) is 13.6 Å². The first-order valence-corrected chi connectivity index (χ1v) is 15.3. The number of benzene rings is 2. The highest BCUT2D eigenvalue weighted by molar-refractivity contribution is 6.99. The van der Waals surface area contributed by atoms with Crippen molar-refractivity contribution in [1.29, 1.82) is 0 Å². The summed E-state index contributed by atoms with van der Waals surface area (Å²) in [5.74, 6) is -0.263. The molecule has 0 aliphatic carbocycles. The van der Waals surface area contributed by atoms with E-state index < -0.39 is 26.1 Å². The summed E-state index contributed by atoms with van der Waals surface area (Å²) in [7, 11) is 0.0866. The van der Waals surface area contributed by atoms with Crippen molar-refractivity contribution >= 4 is 30.7 Å². The van der Waals surface area contributed by atoms with Gasteiger partial charge in [-0.15, -0.1) is 6.58 Å². The van der Waals surface area contributed by atoms with Crippen LogP contribution in [0.1, 0.15) is 54.4 Å². The Bertz CT molecular complexity index is 1020. The number of carbonyl (C=O) groups excluding carboxylic acids is 2. The Balaban J connectivity index is 2.62. The molecule has 8 heteroatoms. The molecular formula is C31H46N2O5Si. The molecule has 2 aromatic rings. The number of hydroxylamine groups is 2. The van der Waals surface area contributed by atoms with E-state index >= 15 is 0 Å². The molecule has 0 aliphatic heterocycles. The average Bonchev–Trinajstić information content (AvgIpc) is 2.87. The van der Waals surface area contributed by atoms with Crippen LogP contribution in [0.2, 0.25) is 5.04 Å². The summed E-state index contributed by atoms with van der Waals surface area (Å²) in [4.78, 5) is 33.3. The average molecular weight is 555 g/mol. The van der Waals surface area contributed by atoms with E-state index in [1.807, 2.05) is 57.2 Å². The quantitative estimate of drug-likeness (QED) is 0.206. The van der Waals surface area contributed by atoms with Gasteiger partial charge < -0.3 is 14.1 Å². The number of amides is 2. The van der Waals surface area contributed by atoms with Crippen molar-refractivity contribution in [2.75, 3.05) is 27.3 Å². The highest BCUT2D eigenvalue weighted by Gasteiger charge is 2.50. The molecule has 39 heavy (non-hydrogen) atoms. The Morgan fingerprint density at radius 3 is 1.87 bits per heavy atom. The zero-order valence-corrected chi connectivity index (χ0v) is 25.9. The van der Waals surface area contributed by atoms with Crippen molar-refractivity contribution < 1.29 is 23.6 Å². The largest absolute Gasteiger partial charge is 0.444 e. The molecule has 0 fully saturated rings. The zero-order valence-electron chi connectivity index (χ0n) is 24.9. The third kappa shape index (κ3) is 8.52. The van der Waals surface area contributed by atoms with Gasteiger partial charge >= 0.3 is 6.09 Å². The van der Waals surface area contributed by atoms with Crippen molar-refractivity contribution in [2.45, 2.75) is 71.1 Å². The molecule has 0 N–H and O–H groups in total. The maximum Gasteiger partial charge on any atom is 0.410 e. The molecule has 2 rings (SSSR count). The maximum absolute atomic E-state index is 13.5. The Kier molecular flexibility index (Phi) is 11.5. The van der Waals surface area contributed by atoms with E-state index in [-0.39, 0.29) is 24.0 Å². The molecule has 0 spiro atoms. The number of ether oxygens (including phenoxy) is 1.